The van der Waals surface area contributed by atoms with E-state index in [2.05, 4.69) is 17.6 Å². The Kier molecular flexibility index (Phi) is 7.71. The number of hydrogen-bond acceptors (Lipinski definition) is 4. The van der Waals surface area contributed by atoms with Crippen LogP contribution in [0.4, 0.5) is 0 Å². The minimum absolute atomic E-state index is 0.152. The smallest absolute Gasteiger partial charge is 0.252 e. The molecule has 0 aliphatic heterocycles. The van der Waals surface area contributed by atoms with E-state index in [1.165, 1.54) is 0 Å². The molecule has 160 valence electrons. The van der Waals surface area contributed by atoms with E-state index in [0.717, 1.165) is 31.2 Å². The third kappa shape index (κ3) is 6.24. The predicted molar refractivity (Wildman–Crippen MR) is 116 cm³/mol. The molecule has 1 aliphatic rings. The Hall–Kier alpha value is -3.02. The molecule has 2 aromatic rings. The van der Waals surface area contributed by atoms with Gasteiger partial charge in [0.05, 0.1) is 13.7 Å². The normalized spacial score (nSPS) is 13.9. The molecule has 1 fully saturated rings. The SMILES string of the molecule is CCCCOc1ccc(C(=O)NC(Cc2ccccc2)C(=O)NC2CC2)cc1OC. The number of methoxy groups -OCH3 is 1. The second-order valence-corrected chi connectivity index (χ2v) is 7.57. The molecule has 2 N–H and O–H groups in total. The van der Waals surface area contributed by atoms with E-state index >= 15 is 0 Å². The van der Waals surface area contributed by atoms with Gasteiger partial charge in [0.15, 0.2) is 11.5 Å². The Labute approximate surface area is 178 Å². The van der Waals surface area contributed by atoms with Gasteiger partial charge in [0.2, 0.25) is 5.91 Å². The van der Waals surface area contributed by atoms with E-state index in [9.17, 15) is 9.59 Å². The molecule has 6 nitrogen and oxygen atoms in total. The molecule has 0 heterocycles. The van der Waals surface area contributed by atoms with Crippen molar-refractivity contribution in [3.05, 3.63) is 59.7 Å². The van der Waals surface area contributed by atoms with Crippen molar-refractivity contribution in [2.24, 2.45) is 0 Å². The van der Waals surface area contributed by atoms with Crippen molar-refractivity contribution in [1.82, 2.24) is 10.6 Å². The van der Waals surface area contributed by atoms with Crippen LogP contribution in [0, 0.1) is 0 Å². The number of unbranched alkanes of at least 4 members (excludes halogenated alkanes) is 1. The monoisotopic (exact) mass is 410 g/mol. The molecule has 0 aromatic heterocycles. The number of hydrogen-bond donors (Lipinski definition) is 2. The predicted octanol–water partition coefficient (Wildman–Crippen LogP) is 3.49. The Morgan fingerprint density at radius 1 is 1.10 bits per heavy atom. The van der Waals surface area contributed by atoms with Gasteiger partial charge in [-0.05, 0) is 43.0 Å². The van der Waals surface area contributed by atoms with Crippen molar-refractivity contribution in [2.45, 2.75) is 51.1 Å². The Morgan fingerprint density at radius 2 is 1.87 bits per heavy atom. The maximum Gasteiger partial charge on any atom is 0.252 e. The summed E-state index contributed by atoms with van der Waals surface area (Å²) in [6.45, 7) is 2.69. The zero-order chi connectivity index (χ0) is 21.3. The lowest BCUT2D eigenvalue weighted by Crippen LogP contribution is -2.48. The molecule has 1 atom stereocenters. The first kappa shape index (κ1) is 21.7. The quantitative estimate of drug-likeness (QED) is 0.556. The third-order valence-electron chi connectivity index (χ3n) is 5.01. The van der Waals surface area contributed by atoms with Crippen molar-refractivity contribution in [2.75, 3.05) is 13.7 Å². The molecule has 1 unspecified atom stereocenters. The molecule has 1 saturated carbocycles. The number of rotatable bonds is 11. The number of benzene rings is 2. The molecular formula is C24H30N2O4. The van der Waals surface area contributed by atoms with Crippen molar-refractivity contribution >= 4 is 11.8 Å². The minimum atomic E-state index is -0.646. The molecule has 2 amide bonds. The first-order valence-electron chi connectivity index (χ1n) is 10.6. The largest absolute Gasteiger partial charge is 0.493 e. The molecule has 0 bridgehead atoms. The average Bonchev–Trinajstić information content (AvgIpc) is 3.58. The van der Waals surface area contributed by atoms with E-state index < -0.39 is 6.04 Å². The summed E-state index contributed by atoms with van der Waals surface area (Å²) in [5.41, 5.74) is 1.41. The van der Waals surface area contributed by atoms with Crippen LogP contribution in [0.25, 0.3) is 0 Å². The maximum atomic E-state index is 12.9. The molecule has 6 heteroatoms. The third-order valence-corrected chi connectivity index (χ3v) is 5.01. The van der Waals surface area contributed by atoms with Crippen LogP contribution in [-0.2, 0) is 11.2 Å². The highest BCUT2D eigenvalue weighted by molar-refractivity contribution is 5.98. The fourth-order valence-electron chi connectivity index (χ4n) is 3.08. The molecule has 2 aromatic carbocycles. The van der Waals surface area contributed by atoms with Gasteiger partial charge in [0.1, 0.15) is 6.04 Å². The average molecular weight is 411 g/mol. The molecule has 0 radical (unpaired) electrons. The van der Waals surface area contributed by atoms with Crippen molar-refractivity contribution in [3.63, 3.8) is 0 Å². The van der Waals surface area contributed by atoms with Gasteiger partial charge in [0.25, 0.3) is 5.91 Å². The van der Waals surface area contributed by atoms with Crippen LogP contribution in [0.5, 0.6) is 11.5 Å². The molecule has 0 spiro atoms. The molecule has 3 rings (SSSR count). The lowest BCUT2D eigenvalue weighted by atomic mass is 10.0. The van der Waals surface area contributed by atoms with E-state index in [0.29, 0.717) is 30.1 Å². The number of carbonyl (C=O) groups is 2. The standard InChI is InChI=1S/C24H30N2O4/c1-3-4-14-30-21-13-10-18(16-22(21)29-2)23(27)26-20(24(28)25-19-11-12-19)15-17-8-6-5-7-9-17/h5-10,13,16,19-20H,3-4,11-12,14-15H2,1-2H3,(H,25,28)(H,26,27). The van der Waals surface area contributed by atoms with Gasteiger partial charge in [-0.15, -0.1) is 0 Å². The second-order valence-electron chi connectivity index (χ2n) is 7.57. The molecular weight excluding hydrogens is 380 g/mol. The van der Waals surface area contributed by atoms with Gasteiger partial charge in [-0.2, -0.15) is 0 Å². The first-order chi connectivity index (χ1) is 14.6. The molecule has 30 heavy (non-hydrogen) atoms. The summed E-state index contributed by atoms with van der Waals surface area (Å²) in [6.07, 6.45) is 4.40. The summed E-state index contributed by atoms with van der Waals surface area (Å²) in [4.78, 5) is 25.6. The van der Waals surface area contributed by atoms with Crippen LogP contribution in [-0.4, -0.2) is 37.6 Å². The van der Waals surface area contributed by atoms with E-state index in [-0.39, 0.29) is 17.9 Å². The van der Waals surface area contributed by atoms with Gasteiger partial charge >= 0.3 is 0 Å². The summed E-state index contributed by atoms with van der Waals surface area (Å²) in [7, 11) is 1.55. The summed E-state index contributed by atoms with van der Waals surface area (Å²) in [5, 5.41) is 5.88. The molecule has 0 saturated heterocycles. The van der Waals surface area contributed by atoms with E-state index in [1.54, 1.807) is 25.3 Å². The maximum absolute atomic E-state index is 12.9. The summed E-state index contributed by atoms with van der Waals surface area (Å²) >= 11 is 0. The topological polar surface area (TPSA) is 76.7 Å². The van der Waals surface area contributed by atoms with Gasteiger partial charge in [-0.25, -0.2) is 0 Å². The Balaban J connectivity index is 1.71. The lowest BCUT2D eigenvalue weighted by molar-refractivity contribution is -0.123. The summed E-state index contributed by atoms with van der Waals surface area (Å²) in [6, 6.07) is 14.3. The van der Waals surface area contributed by atoms with Crippen LogP contribution < -0.4 is 20.1 Å². The van der Waals surface area contributed by atoms with E-state index in [4.69, 9.17) is 9.47 Å². The zero-order valence-corrected chi connectivity index (χ0v) is 17.6. The summed E-state index contributed by atoms with van der Waals surface area (Å²) < 4.78 is 11.1. The van der Waals surface area contributed by atoms with E-state index in [1.807, 2.05) is 30.3 Å². The van der Waals surface area contributed by atoms with Crippen molar-refractivity contribution in [1.29, 1.82) is 0 Å². The number of ether oxygens (including phenoxy) is 2. The second kappa shape index (κ2) is 10.7. The minimum Gasteiger partial charge on any atom is -0.493 e. The lowest BCUT2D eigenvalue weighted by Gasteiger charge is -2.19. The van der Waals surface area contributed by atoms with Gasteiger partial charge in [-0.3, -0.25) is 9.59 Å². The fraction of sp³-hybridized carbons (Fsp3) is 0.417. The summed E-state index contributed by atoms with van der Waals surface area (Å²) in [5.74, 6) is 0.636. The highest BCUT2D eigenvalue weighted by Crippen LogP contribution is 2.28. The van der Waals surface area contributed by atoms with Gasteiger partial charge < -0.3 is 20.1 Å². The highest BCUT2D eigenvalue weighted by atomic mass is 16.5. The first-order valence-corrected chi connectivity index (χ1v) is 10.6. The fourth-order valence-corrected chi connectivity index (χ4v) is 3.08. The Morgan fingerprint density at radius 3 is 2.53 bits per heavy atom. The van der Waals surface area contributed by atoms with Crippen LogP contribution in [0.3, 0.4) is 0 Å². The van der Waals surface area contributed by atoms with Gasteiger partial charge in [0, 0.05) is 18.0 Å². The van der Waals surface area contributed by atoms with Gasteiger partial charge in [-0.1, -0.05) is 43.7 Å². The molecule has 1 aliphatic carbocycles. The van der Waals surface area contributed by atoms with Crippen LogP contribution in [0.1, 0.15) is 48.5 Å². The number of nitrogens with one attached hydrogen (secondary N) is 2. The van der Waals surface area contributed by atoms with Crippen molar-refractivity contribution < 1.29 is 19.1 Å². The van der Waals surface area contributed by atoms with Crippen molar-refractivity contribution in [3.8, 4) is 11.5 Å². The zero-order valence-electron chi connectivity index (χ0n) is 17.6. The number of amides is 2. The van der Waals surface area contributed by atoms with Crippen LogP contribution in [0.2, 0.25) is 0 Å². The van der Waals surface area contributed by atoms with Crippen LogP contribution in [0.15, 0.2) is 48.5 Å². The van der Waals surface area contributed by atoms with Crippen LogP contribution >= 0.6 is 0 Å². The Bertz CT molecular complexity index is 850. The highest BCUT2D eigenvalue weighted by Gasteiger charge is 2.29. The number of carbonyl (C=O) groups excluding carboxylic acids is 2.